The molecule has 1 N–H and O–H groups in total. The molecule has 1 aliphatic heterocycles. The molecule has 5 heteroatoms. The van der Waals surface area contributed by atoms with Crippen molar-refractivity contribution in [2.75, 3.05) is 37.5 Å². The quantitative estimate of drug-likeness (QED) is 0.935. The normalized spacial score (nSPS) is 12.9. The third kappa shape index (κ3) is 3.02. The van der Waals surface area contributed by atoms with Gasteiger partial charge in [0, 0.05) is 26.8 Å². The topological polar surface area (TPSA) is 46.6 Å². The van der Waals surface area contributed by atoms with Gasteiger partial charge in [-0.25, -0.2) is 0 Å². The Bertz CT molecular complexity index is 629. The Hall–Kier alpha value is -2.43. The van der Waals surface area contributed by atoms with Gasteiger partial charge in [-0.1, -0.05) is 6.07 Å². The highest BCUT2D eigenvalue weighted by Gasteiger charge is 2.12. The lowest BCUT2D eigenvalue weighted by molar-refractivity contribution is 0.171. The van der Waals surface area contributed by atoms with E-state index in [1.165, 1.54) is 0 Å². The first kappa shape index (κ1) is 13.5. The van der Waals surface area contributed by atoms with Crippen molar-refractivity contribution in [1.82, 2.24) is 4.98 Å². The molecule has 1 aliphatic rings. The zero-order valence-electron chi connectivity index (χ0n) is 12.3. The highest BCUT2D eigenvalue weighted by Crippen LogP contribution is 2.31. The van der Waals surface area contributed by atoms with Crippen molar-refractivity contribution in [1.29, 1.82) is 0 Å². The van der Waals surface area contributed by atoms with Crippen LogP contribution in [0.15, 0.2) is 36.7 Å². The molecule has 0 bridgehead atoms. The fourth-order valence-electron chi connectivity index (χ4n) is 2.31. The van der Waals surface area contributed by atoms with Gasteiger partial charge in [-0.3, -0.25) is 4.98 Å². The van der Waals surface area contributed by atoms with Gasteiger partial charge in [0.15, 0.2) is 11.5 Å². The van der Waals surface area contributed by atoms with Gasteiger partial charge >= 0.3 is 0 Å². The third-order valence-electron chi connectivity index (χ3n) is 3.37. The van der Waals surface area contributed by atoms with Crippen molar-refractivity contribution >= 4 is 11.4 Å². The van der Waals surface area contributed by atoms with Gasteiger partial charge in [0.2, 0.25) is 0 Å². The van der Waals surface area contributed by atoms with Crippen LogP contribution < -0.4 is 19.7 Å². The molecule has 2 heterocycles. The summed E-state index contributed by atoms with van der Waals surface area (Å²) in [6.45, 7) is 1.94. The average Bonchev–Trinajstić information content (AvgIpc) is 2.53. The number of aromatic nitrogens is 1. The number of anilines is 2. The van der Waals surface area contributed by atoms with Crippen LogP contribution in [0.3, 0.4) is 0 Å². The summed E-state index contributed by atoms with van der Waals surface area (Å²) in [5.41, 5.74) is 3.27. The molecule has 0 atom stereocenters. The molecule has 0 spiro atoms. The Kier molecular flexibility index (Phi) is 3.81. The molecule has 3 rings (SSSR count). The van der Waals surface area contributed by atoms with E-state index in [4.69, 9.17) is 9.47 Å². The minimum atomic E-state index is 0.608. The van der Waals surface area contributed by atoms with Gasteiger partial charge in [0.05, 0.1) is 17.6 Å². The summed E-state index contributed by atoms with van der Waals surface area (Å²) in [7, 11) is 4.04. The lowest BCUT2D eigenvalue weighted by Crippen LogP contribution is -2.15. The van der Waals surface area contributed by atoms with Crippen molar-refractivity contribution in [2.24, 2.45) is 0 Å². The van der Waals surface area contributed by atoms with Gasteiger partial charge in [0.1, 0.15) is 13.2 Å². The van der Waals surface area contributed by atoms with E-state index < -0.39 is 0 Å². The smallest absolute Gasteiger partial charge is 0.161 e. The average molecular weight is 285 g/mol. The minimum absolute atomic E-state index is 0.608. The van der Waals surface area contributed by atoms with Gasteiger partial charge in [-0.05, 0) is 23.8 Å². The molecule has 0 saturated carbocycles. The fraction of sp³-hybridized carbons (Fsp3) is 0.312. The van der Waals surface area contributed by atoms with E-state index >= 15 is 0 Å². The first-order valence-electron chi connectivity index (χ1n) is 6.98. The Morgan fingerprint density at radius 3 is 2.76 bits per heavy atom. The molecule has 110 valence electrons. The maximum atomic E-state index is 5.60. The van der Waals surface area contributed by atoms with Gasteiger partial charge in [-0.15, -0.1) is 0 Å². The molecule has 1 aromatic carbocycles. The van der Waals surface area contributed by atoms with Crippen molar-refractivity contribution in [3.63, 3.8) is 0 Å². The number of benzene rings is 1. The van der Waals surface area contributed by atoms with Crippen LogP contribution in [0.25, 0.3) is 0 Å². The molecule has 2 aromatic rings. The van der Waals surface area contributed by atoms with Gasteiger partial charge < -0.3 is 19.7 Å². The van der Waals surface area contributed by atoms with Crippen LogP contribution in [0.5, 0.6) is 11.5 Å². The summed E-state index contributed by atoms with van der Waals surface area (Å²) in [5.74, 6) is 1.64. The molecule has 0 aliphatic carbocycles. The maximum absolute atomic E-state index is 5.60. The van der Waals surface area contributed by atoms with Crippen molar-refractivity contribution < 1.29 is 9.47 Å². The second kappa shape index (κ2) is 5.91. The molecular weight excluding hydrogens is 266 g/mol. The van der Waals surface area contributed by atoms with E-state index in [1.807, 2.05) is 44.6 Å². The zero-order chi connectivity index (χ0) is 14.7. The molecule has 0 saturated heterocycles. The first-order chi connectivity index (χ1) is 10.2. The van der Waals surface area contributed by atoms with E-state index in [2.05, 4.69) is 15.2 Å². The predicted molar refractivity (Wildman–Crippen MR) is 83.3 cm³/mol. The summed E-state index contributed by atoms with van der Waals surface area (Å²) in [6, 6.07) is 8.02. The second-order valence-electron chi connectivity index (χ2n) is 5.12. The molecule has 0 unspecified atom stereocenters. The van der Waals surface area contributed by atoms with E-state index in [-0.39, 0.29) is 0 Å². The summed E-state index contributed by atoms with van der Waals surface area (Å²) < 4.78 is 11.1. The number of rotatable bonds is 4. The molecule has 5 nitrogen and oxygen atoms in total. The third-order valence-corrected chi connectivity index (χ3v) is 3.37. The molecule has 0 fully saturated rings. The predicted octanol–water partition coefficient (Wildman–Crippen LogP) is 2.53. The van der Waals surface area contributed by atoms with Gasteiger partial charge in [-0.2, -0.15) is 0 Å². The van der Waals surface area contributed by atoms with E-state index in [9.17, 15) is 0 Å². The lowest BCUT2D eigenvalue weighted by Gasteiger charge is -2.20. The SMILES string of the molecule is CN(C)c1ccncc1NCc1ccc2c(c1)OCCO2. The maximum Gasteiger partial charge on any atom is 0.161 e. The largest absolute Gasteiger partial charge is 0.486 e. The number of ether oxygens (including phenoxy) is 2. The highest BCUT2D eigenvalue weighted by atomic mass is 16.6. The Morgan fingerprint density at radius 1 is 1.14 bits per heavy atom. The lowest BCUT2D eigenvalue weighted by atomic mass is 10.2. The molecule has 0 amide bonds. The number of nitrogens with zero attached hydrogens (tertiary/aromatic N) is 2. The van der Waals surface area contributed by atoms with Crippen LogP contribution in [0.4, 0.5) is 11.4 Å². The number of nitrogens with one attached hydrogen (secondary N) is 1. The Balaban J connectivity index is 1.73. The number of pyridine rings is 1. The number of fused-ring (bicyclic) bond motifs is 1. The van der Waals surface area contributed by atoms with Crippen molar-refractivity contribution in [3.05, 3.63) is 42.2 Å². The van der Waals surface area contributed by atoms with Gasteiger partial charge in [0.25, 0.3) is 0 Å². The number of hydrogen-bond acceptors (Lipinski definition) is 5. The summed E-state index contributed by atoms with van der Waals surface area (Å²) >= 11 is 0. The van der Waals surface area contributed by atoms with Crippen molar-refractivity contribution in [3.8, 4) is 11.5 Å². The highest BCUT2D eigenvalue weighted by molar-refractivity contribution is 5.68. The Morgan fingerprint density at radius 2 is 1.95 bits per heavy atom. The van der Waals surface area contributed by atoms with Crippen LogP contribution in [0.2, 0.25) is 0 Å². The molecule has 1 aromatic heterocycles. The molecular formula is C16H19N3O2. The summed E-state index contributed by atoms with van der Waals surface area (Å²) in [6.07, 6.45) is 3.64. The standard InChI is InChI=1S/C16H19N3O2/c1-19(2)14-5-6-17-11-13(14)18-10-12-3-4-15-16(9-12)21-8-7-20-15/h3-6,9,11,18H,7-8,10H2,1-2H3. The van der Waals surface area contributed by atoms with Crippen molar-refractivity contribution in [2.45, 2.75) is 6.54 Å². The van der Waals surface area contributed by atoms with Crippen LogP contribution >= 0.6 is 0 Å². The second-order valence-corrected chi connectivity index (χ2v) is 5.12. The van der Waals surface area contributed by atoms with E-state index in [0.29, 0.717) is 19.8 Å². The van der Waals surface area contributed by atoms with E-state index in [1.54, 1.807) is 6.20 Å². The van der Waals surface area contributed by atoms with Crippen LogP contribution in [-0.2, 0) is 6.54 Å². The van der Waals surface area contributed by atoms with Crippen LogP contribution in [-0.4, -0.2) is 32.3 Å². The monoisotopic (exact) mass is 285 g/mol. The number of hydrogen-bond donors (Lipinski definition) is 1. The summed E-state index contributed by atoms with van der Waals surface area (Å²) in [5, 5.41) is 3.42. The fourth-order valence-corrected chi connectivity index (χ4v) is 2.31. The van der Waals surface area contributed by atoms with Crippen LogP contribution in [0, 0.1) is 0 Å². The van der Waals surface area contributed by atoms with Crippen LogP contribution in [0.1, 0.15) is 5.56 Å². The van der Waals surface area contributed by atoms with E-state index in [0.717, 1.165) is 28.4 Å². The Labute approximate surface area is 124 Å². The first-order valence-corrected chi connectivity index (χ1v) is 6.98. The molecule has 21 heavy (non-hydrogen) atoms. The minimum Gasteiger partial charge on any atom is -0.486 e. The molecule has 0 radical (unpaired) electrons. The summed E-state index contributed by atoms with van der Waals surface area (Å²) in [4.78, 5) is 6.24. The zero-order valence-corrected chi connectivity index (χ0v) is 12.3.